The first-order valence-electron chi connectivity index (χ1n) is 13.5. The fraction of sp³-hybridized carbons (Fsp3) is 0.400. The van der Waals surface area contributed by atoms with Gasteiger partial charge in [0.25, 0.3) is 0 Å². The molecule has 236 valence electrons. The van der Waals surface area contributed by atoms with Crippen molar-refractivity contribution in [3.05, 3.63) is 92.4 Å². The third-order valence-electron chi connectivity index (χ3n) is 6.32. The smallest absolute Gasteiger partial charge is 0.474 e. The quantitative estimate of drug-likeness (QED) is 0.0617. The van der Waals surface area contributed by atoms with Crippen LogP contribution in [0.3, 0.4) is 0 Å². The summed E-state index contributed by atoms with van der Waals surface area (Å²) in [5.74, 6) is 1.68. The minimum atomic E-state index is -4.59. The zero-order chi connectivity index (χ0) is 31.4. The van der Waals surface area contributed by atoms with E-state index in [9.17, 15) is 9.46 Å². The lowest BCUT2D eigenvalue weighted by Crippen LogP contribution is -2.34. The Morgan fingerprint density at radius 2 is 1.70 bits per heavy atom. The summed E-state index contributed by atoms with van der Waals surface area (Å²) < 4.78 is 40.7. The van der Waals surface area contributed by atoms with Gasteiger partial charge in [-0.2, -0.15) is 0 Å². The normalized spacial score (nSPS) is 14.3. The minimum absolute atomic E-state index is 0.126. The maximum Gasteiger partial charge on any atom is 0.474 e. The lowest BCUT2D eigenvalue weighted by atomic mass is 10.0. The van der Waals surface area contributed by atoms with Crippen molar-refractivity contribution >= 4 is 54.2 Å². The van der Waals surface area contributed by atoms with Gasteiger partial charge >= 0.3 is 7.82 Å². The van der Waals surface area contributed by atoms with Gasteiger partial charge in [-0.25, -0.2) is 4.57 Å². The van der Waals surface area contributed by atoms with Crippen LogP contribution in [0.4, 0.5) is 0 Å². The molecule has 0 bridgehead atoms. The van der Waals surface area contributed by atoms with Crippen LogP contribution in [0.1, 0.15) is 29.2 Å². The highest BCUT2D eigenvalue weighted by Gasteiger charge is 2.30. The van der Waals surface area contributed by atoms with Crippen LogP contribution in [0.2, 0.25) is 15.1 Å². The molecule has 3 aromatic carbocycles. The van der Waals surface area contributed by atoms with Gasteiger partial charge < -0.3 is 24.0 Å². The Hall–Kier alpha value is -1.55. The standard InChI is InChI=1S/C30H36Cl4NO7P/c1-35(2)18-24(19-39-29-10-5-4-8-22(29)12-11-21-7-6-9-23(15-21)38-3)40-20-41-43(36,37)42-30(13-14-31)25-16-27(33)28(34)17-26(25)32/h4-10,15-17,24,30H,11-14,18-20H2,1-3H3,(H,36,37)/t24-,30?/m0/s1. The first-order valence-corrected chi connectivity index (χ1v) is 16.6. The number of hydrogen-bond acceptors (Lipinski definition) is 7. The Labute approximate surface area is 273 Å². The number of alkyl halides is 1. The summed E-state index contributed by atoms with van der Waals surface area (Å²) in [6, 6.07) is 18.7. The monoisotopic (exact) mass is 693 g/mol. The van der Waals surface area contributed by atoms with Gasteiger partial charge in [0.2, 0.25) is 0 Å². The maximum absolute atomic E-state index is 12.8. The molecule has 1 N–H and O–H groups in total. The molecule has 0 aliphatic carbocycles. The summed E-state index contributed by atoms with van der Waals surface area (Å²) in [6.07, 6.45) is 0.299. The topological polar surface area (TPSA) is 86.7 Å². The van der Waals surface area contributed by atoms with Crippen LogP contribution in [0.15, 0.2) is 60.7 Å². The molecular weight excluding hydrogens is 659 g/mol. The molecule has 0 fully saturated rings. The number of ether oxygens (including phenoxy) is 3. The minimum Gasteiger partial charge on any atom is -0.497 e. The van der Waals surface area contributed by atoms with Gasteiger partial charge in [0, 0.05) is 23.0 Å². The number of hydrogen-bond donors (Lipinski definition) is 1. The second-order valence-electron chi connectivity index (χ2n) is 9.90. The fourth-order valence-electron chi connectivity index (χ4n) is 4.23. The number of phosphoric ester groups is 1. The van der Waals surface area contributed by atoms with E-state index in [1.807, 2.05) is 61.5 Å². The number of benzene rings is 3. The number of methoxy groups -OCH3 is 1. The van der Waals surface area contributed by atoms with Crippen molar-refractivity contribution in [2.45, 2.75) is 31.5 Å². The van der Waals surface area contributed by atoms with Gasteiger partial charge in [0.05, 0.1) is 23.3 Å². The van der Waals surface area contributed by atoms with E-state index in [1.54, 1.807) is 7.11 Å². The Balaban J connectivity index is 1.59. The van der Waals surface area contributed by atoms with Crippen LogP contribution in [0, 0.1) is 0 Å². The molecule has 0 saturated carbocycles. The number of phosphoric acid groups is 1. The largest absolute Gasteiger partial charge is 0.497 e. The van der Waals surface area contributed by atoms with E-state index in [1.165, 1.54) is 12.1 Å². The molecule has 0 aromatic heterocycles. The van der Waals surface area contributed by atoms with Crippen molar-refractivity contribution in [2.24, 2.45) is 0 Å². The first kappa shape index (κ1) is 35.9. The van der Waals surface area contributed by atoms with Crippen LogP contribution in [-0.2, 0) is 31.2 Å². The summed E-state index contributed by atoms with van der Waals surface area (Å²) in [7, 11) is 0.831. The van der Waals surface area contributed by atoms with Gasteiger partial charge in [-0.1, -0.05) is 65.1 Å². The predicted octanol–water partition coefficient (Wildman–Crippen LogP) is 8.23. The molecule has 0 amide bonds. The summed E-state index contributed by atoms with van der Waals surface area (Å²) in [4.78, 5) is 12.4. The average molecular weight is 695 g/mol. The predicted molar refractivity (Wildman–Crippen MR) is 172 cm³/mol. The summed E-state index contributed by atoms with van der Waals surface area (Å²) in [5.41, 5.74) is 2.56. The van der Waals surface area contributed by atoms with Gasteiger partial charge in [-0.3, -0.25) is 9.05 Å². The molecule has 0 aliphatic rings. The zero-order valence-electron chi connectivity index (χ0n) is 24.2. The number of nitrogens with zero attached hydrogens (tertiary/aromatic N) is 1. The molecule has 2 unspecified atom stereocenters. The van der Waals surface area contributed by atoms with Gasteiger partial charge in [0.15, 0.2) is 6.79 Å². The van der Waals surface area contributed by atoms with Crippen LogP contribution in [0.5, 0.6) is 11.5 Å². The molecule has 0 saturated heterocycles. The summed E-state index contributed by atoms with van der Waals surface area (Å²) in [5, 5.41) is 0.674. The van der Waals surface area contributed by atoms with E-state index >= 15 is 0 Å². The van der Waals surface area contributed by atoms with Crippen LogP contribution in [-0.4, -0.2) is 62.9 Å². The van der Waals surface area contributed by atoms with Crippen molar-refractivity contribution < 1.29 is 32.7 Å². The maximum atomic E-state index is 12.8. The molecule has 0 aliphatic heterocycles. The SMILES string of the molecule is COc1cccc(CCc2ccccc2OC[C@H](CN(C)C)OCOP(=O)(O)OC(CCCl)c2cc(Cl)c(Cl)cc2Cl)c1. The molecule has 3 rings (SSSR count). The van der Waals surface area contributed by atoms with E-state index in [4.69, 9.17) is 69.7 Å². The Morgan fingerprint density at radius 3 is 2.42 bits per heavy atom. The molecule has 8 nitrogen and oxygen atoms in total. The van der Waals surface area contributed by atoms with E-state index in [2.05, 4.69) is 6.07 Å². The first-order chi connectivity index (χ1) is 20.5. The van der Waals surface area contributed by atoms with Gasteiger partial charge in [-0.05, 0) is 74.8 Å². The van der Waals surface area contributed by atoms with Crippen molar-refractivity contribution in [2.75, 3.05) is 47.0 Å². The number of para-hydroxylation sites is 1. The molecule has 0 heterocycles. The highest BCUT2D eigenvalue weighted by molar-refractivity contribution is 7.47. The van der Waals surface area contributed by atoms with Gasteiger partial charge in [-0.15, -0.1) is 11.6 Å². The van der Waals surface area contributed by atoms with Gasteiger partial charge in [0.1, 0.15) is 24.2 Å². The zero-order valence-corrected chi connectivity index (χ0v) is 28.1. The number of halogens is 4. The van der Waals surface area contributed by atoms with E-state index in [0.29, 0.717) is 12.1 Å². The van der Waals surface area contributed by atoms with Crippen LogP contribution >= 0.6 is 54.2 Å². The molecule has 3 atom stereocenters. The summed E-state index contributed by atoms with van der Waals surface area (Å²) >= 11 is 24.3. The van der Waals surface area contributed by atoms with E-state index in [-0.39, 0.29) is 34.0 Å². The third-order valence-corrected chi connectivity index (χ3v) is 8.54. The molecule has 0 radical (unpaired) electrons. The number of rotatable bonds is 18. The van der Waals surface area contributed by atoms with Crippen molar-refractivity contribution in [1.82, 2.24) is 4.90 Å². The van der Waals surface area contributed by atoms with E-state index < -0.39 is 26.8 Å². The highest BCUT2D eigenvalue weighted by Crippen LogP contribution is 2.50. The van der Waals surface area contributed by atoms with Crippen molar-refractivity contribution in [1.29, 1.82) is 0 Å². The fourth-order valence-corrected chi connectivity index (χ4v) is 5.91. The van der Waals surface area contributed by atoms with E-state index in [0.717, 1.165) is 35.5 Å². The second kappa shape index (κ2) is 17.8. The van der Waals surface area contributed by atoms with Crippen LogP contribution in [0.25, 0.3) is 0 Å². The van der Waals surface area contributed by atoms with Crippen molar-refractivity contribution in [3.8, 4) is 11.5 Å². The Bertz CT molecular complexity index is 1360. The summed E-state index contributed by atoms with van der Waals surface area (Å²) in [6.45, 7) is 0.136. The molecular formula is C30H36Cl4NO7P. The average Bonchev–Trinajstić information content (AvgIpc) is 2.96. The number of likely N-dealkylation sites (N-methyl/N-ethyl adjacent to an activating group) is 1. The molecule has 13 heteroatoms. The lowest BCUT2D eigenvalue weighted by Gasteiger charge is -2.24. The third kappa shape index (κ3) is 12.0. The number of aryl methyl sites for hydroxylation is 2. The molecule has 3 aromatic rings. The second-order valence-corrected chi connectivity index (χ2v) is 12.9. The highest BCUT2D eigenvalue weighted by atomic mass is 35.5. The lowest BCUT2D eigenvalue weighted by molar-refractivity contribution is -0.0738. The Morgan fingerprint density at radius 1 is 0.953 bits per heavy atom. The molecule has 43 heavy (non-hydrogen) atoms. The van der Waals surface area contributed by atoms with Crippen LogP contribution < -0.4 is 9.47 Å². The van der Waals surface area contributed by atoms with Crippen molar-refractivity contribution in [3.63, 3.8) is 0 Å². The Kier molecular flexibility index (Phi) is 14.9. The molecule has 0 spiro atoms.